The van der Waals surface area contributed by atoms with E-state index in [1.165, 1.54) is 18.3 Å². The Morgan fingerprint density at radius 3 is 2.33 bits per heavy atom. The van der Waals surface area contributed by atoms with Crippen molar-refractivity contribution < 1.29 is 19.1 Å². The molecule has 0 fully saturated rings. The van der Waals surface area contributed by atoms with Crippen LogP contribution < -0.4 is 9.47 Å². The van der Waals surface area contributed by atoms with E-state index >= 15 is 0 Å². The Morgan fingerprint density at radius 1 is 1.12 bits per heavy atom. The van der Waals surface area contributed by atoms with Crippen LogP contribution in [0, 0.1) is 5.92 Å². The van der Waals surface area contributed by atoms with E-state index in [0.29, 0.717) is 22.9 Å². The smallest absolute Gasteiger partial charge is 0.273 e. The topological polar surface area (TPSA) is 76.9 Å². The number of aromatic nitrogens is 2. The zero-order chi connectivity index (χ0) is 31.0. The summed E-state index contributed by atoms with van der Waals surface area (Å²) >= 11 is 1.50. The van der Waals surface area contributed by atoms with Gasteiger partial charge in [-0.25, -0.2) is 4.68 Å². The van der Waals surface area contributed by atoms with Crippen LogP contribution >= 0.6 is 11.3 Å². The number of hydrogen-bond acceptors (Lipinski definition) is 6. The number of nitrogens with zero attached hydrogens (tertiary/aromatic N) is 4. The third kappa shape index (κ3) is 6.66. The summed E-state index contributed by atoms with van der Waals surface area (Å²) in [5.74, 6) is 0.674. The molecule has 42 heavy (non-hydrogen) atoms. The van der Waals surface area contributed by atoms with Crippen LogP contribution in [0.2, 0.25) is 0 Å². The van der Waals surface area contributed by atoms with E-state index in [1.54, 1.807) is 11.8 Å². The van der Waals surface area contributed by atoms with E-state index in [-0.39, 0.29) is 31.8 Å². The molecular formula is C27H28B6N4O4S. The lowest BCUT2D eigenvalue weighted by Crippen LogP contribution is -2.56. The van der Waals surface area contributed by atoms with E-state index in [2.05, 4.69) is 13.8 Å². The summed E-state index contributed by atoms with van der Waals surface area (Å²) in [6.07, 6.45) is 0.956. The molecular weight excluding hydrogens is 541 g/mol. The van der Waals surface area contributed by atoms with Crippen LogP contribution in [-0.2, 0) is 17.8 Å². The number of carbonyl (C=O) groups excluding carboxylic acids is 2. The van der Waals surface area contributed by atoms with Gasteiger partial charge in [-0.1, -0.05) is 24.3 Å². The van der Waals surface area contributed by atoms with Gasteiger partial charge in [0.1, 0.15) is 18.1 Å². The van der Waals surface area contributed by atoms with Crippen molar-refractivity contribution >= 4 is 70.2 Å². The first kappa shape index (κ1) is 32.0. The first-order valence-electron chi connectivity index (χ1n) is 13.5. The van der Waals surface area contributed by atoms with E-state index in [4.69, 9.17) is 61.7 Å². The van der Waals surface area contributed by atoms with Gasteiger partial charge in [0.05, 0.1) is 65.6 Å². The second-order valence-corrected chi connectivity index (χ2v) is 11.7. The van der Waals surface area contributed by atoms with Gasteiger partial charge in [-0.15, -0.1) is 0 Å². The predicted octanol–water partition coefficient (Wildman–Crippen LogP) is 1.61. The van der Waals surface area contributed by atoms with Crippen molar-refractivity contribution in [1.29, 1.82) is 0 Å². The third-order valence-corrected chi connectivity index (χ3v) is 7.57. The van der Waals surface area contributed by atoms with Crippen LogP contribution in [0.1, 0.15) is 48.8 Å². The molecule has 0 unspecified atom stereocenters. The molecule has 8 nitrogen and oxygen atoms in total. The monoisotopic (exact) mass is 570 g/mol. The Balaban J connectivity index is 1.78. The molecule has 204 valence electrons. The minimum Gasteiger partial charge on any atom is -0.496 e. The van der Waals surface area contributed by atoms with Gasteiger partial charge in [0.2, 0.25) is 5.91 Å². The number of amides is 2. The highest BCUT2D eigenvalue weighted by Crippen LogP contribution is 2.44. The maximum atomic E-state index is 14.1. The lowest BCUT2D eigenvalue weighted by atomic mass is 9.48. The largest absolute Gasteiger partial charge is 0.496 e. The molecule has 1 aliphatic rings. The summed E-state index contributed by atoms with van der Waals surface area (Å²) in [7, 11) is 37.0. The van der Waals surface area contributed by atoms with Crippen molar-refractivity contribution in [2.24, 2.45) is 5.92 Å². The molecule has 0 saturated carbocycles. The zero-order valence-electron chi connectivity index (χ0n) is 24.3. The first-order chi connectivity index (χ1) is 19.6. The number of methoxy groups -OCH3 is 1. The number of carbonyl (C=O) groups is 2. The van der Waals surface area contributed by atoms with Crippen molar-refractivity contribution in [3.8, 4) is 28.4 Å². The zero-order valence-corrected chi connectivity index (χ0v) is 25.1. The summed E-state index contributed by atoms with van der Waals surface area (Å²) in [5, 5.41) is 4.67. The standard InChI is InChI=1S/C27H28B6N4O4S/c1-15(2)10-17-11-19-22(12-21(17)40-4)41-13-20-23(34-37(24(19)20)18-6-9-42-14-18)25(39)36(27(31,32)33)8-5-7-35(16(3)38)26(28,29)30/h6,9,11-12,14-15H,5,7-8,10,13H2,1-4H3. The molecule has 15 heteroatoms. The molecule has 0 bridgehead atoms. The van der Waals surface area contributed by atoms with E-state index in [1.807, 2.05) is 29.0 Å². The minimum atomic E-state index is -2.05. The van der Waals surface area contributed by atoms with E-state index in [9.17, 15) is 9.59 Å². The van der Waals surface area contributed by atoms with Crippen LogP contribution in [0.15, 0.2) is 29.0 Å². The Bertz CT molecular complexity index is 1450. The van der Waals surface area contributed by atoms with Crippen molar-refractivity contribution in [1.82, 2.24) is 19.6 Å². The minimum absolute atomic E-state index is 0.0249. The molecule has 3 heterocycles. The summed E-state index contributed by atoms with van der Waals surface area (Å²) in [6, 6.07) is 5.80. The quantitative estimate of drug-likeness (QED) is 0.328. The predicted molar refractivity (Wildman–Crippen MR) is 169 cm³/mol. The highest BCUT2D eigenvalue weighted by Gasteiger charge is 2.35. The molecule has 1 aromatic carbocycles. The highest BCUT2D eigenvalue weighted by molar-refractivity contribution is 7.08. The fourth-order valence-electron chi connectivity index (χ4n) is 5.06. The second kappa shape index (κ2) is 12.3. The average molecular weight is 569 g/mol. The van der Waals surface area contributed by atoms with Gasteiger partial charge in [0.25, 0.3) is 5.91 Å². The van der Waals surface area contributed by atoms with Gasteiger partial charge in [-0.05, 0) is 41.8 Å². The van der Waals surface area contributed by atoms with Crippen LogP contribution in [0.3, 0.4) is 0 Å². The van der Waals surface area contributed by atoms with Gasteiger partial charge in [-0.2, -0.15) is 16.4 Å². The molecule has 0 N–H and O–H groups in total. The lowest BCUT2D eigenvalue weighted by molar-refractivity contribution is -0.129. The molecule has 1 aliphatic heterocycles. The SMILES string of the molecule is [B]C([B])([B])N(CCCN(C(=O)c1nn(-c2ccsc2)c2c1COc1cc(OC)c(CC(C)C)cc1-2)C([B])([B])[B])C(C)=O. The van der Waals surface area contributed by atoms with Gasteiger partial charge in [0.15, 0.2) is 5.69 Å². The van der Waals surface area contributed by atoms with Gasteiger partial charge in [0, 0.05) is 42.6 Å². The number of rotatable bonds is 11. The van der Waals surface area contributed by atoms with Gasteiger partial charge < -0.3 is 19.3 Å². The molecule has 3 aromatic rings. The van der Waals surface area contributed by atoms with Crippen molar-refractivity contribution in [3.05, 3.63) is 45.8 Å². The summed E-state index contributed by atoms with van der Waals surface area (Å²) in [6.45, 7) is 5.59. The molecule has 12 radical (unpaired) electrons. The Morgan fingerprint density at radius 2 is 1.79 bits per heavy atom. The van der Waals surface area contributed by atoms with E-state index < -0.39 is 22.3 Å². The fourth-order valence-corrected chi connectivity index (χ4v) is 5.67. The van der Waals surface area contributed by atoms with E-state index in [0.717, 1.165) is 38.8 Å². The van der Waals surface area contributed by atoms with Crippen molar-refractivity contribution in [2.75, 3.05) is 20.2 Å². The van der Waals surface area contributed by atoms with Crippen LogP contribution in [0.4, 0.5) is 0 Å². The average Bonchev–Trinajstić information content (AvgIpc) is 3.54. The molecule has 2 aromatic heterocycles. The van der Waals surface area contributed by atoms with Crippen molar-refractivity contribution in [2.45, 2.75) is 50.7 Å². The van der Waals surface area contributed by atoms with Crippen LogP contribution in [-0.4, -0.2) is 109 Å². The molecule has 0 atom stereocenters. The highest BCUT2D eigenvalue weighted by atomic mass is 32.1. The molecule has 0 aliphatic carbocycles. The summed E-state index contributed by atoms with van der Waals surface area (Å²) in [4.78, 5) is 28.2. The van der Waals surface area contributed by atoms with Crippen LogP contribution in [0.25, 0.3) is 16.9 Å². The molecule has 0 spiro atoms. The Hall–Kier alpha value is -2.94. The van der Waals surface area contributed by atoms with Crippen molar-refractivity contribution in [3.63, 3.8) is 0 Å². The number of benzene rings is 1. The fraction of sp³-hybridized carbons (Fsp3) is 0.444. The maximum absolute atomic E-state index is 14.1. The lowest BCUT2D eigenvalue weighted by Gasteiger charge is -2.40. The number of hydrogen-bond donors (Lipinski definition) is 0. The maximum Gasteiger partial charge on any atom is 0.273 e. The molecule has 2 amide bonds. The number of fused-ring (bicyclic) bond motifs is 3. The summed E-state index contributed by atoms with van der Waals surface area (Å²) in [5.41, 5.74) is 3.92. The van der Waals surface area contributed by atoms with Crippen LogP contribution in [0.5, 0.6) is 11.5 Å². The molecule has 0 saturated heterocycles. The van der Waals surface area contributed by atoms with Gasteiger partial charge in [-0.3, -0.25) is 9.59 Å². The molecule has 4 rings (SSSR count). The Labute approximate surface area is 259 Å². The number of thiophene rings is 1. The second-order valence-electron chi connectivity index (χ2n) is 10.9. The number of ether oxygens (including phenoxy) is 2. The Kier molecular flexibility index (Phi) is 9.40. The normalized spacial score (nSPS) is 12.8. The van der Waals surface area contributed by atoms with Gasteiger partial charge >= 0.3 is 0 Å². The summed E-state index contributed by atoms with van der Waals surface area (Å²) < 4.78 is 13.5. The first-order valence-corrected chi connectivity index (χ1v) is 14.4. The third-order valence-electron chi connectivity index (χ3n) is 6.90.